The number of hydrogen-bond acceptors (Lipinski definition) is 4. The Hall–Kier alpha value is -0.630. The molecule has 3 atom stereocenters. The van der Waals surface area contributed by atoms with Crippen LogP contribution in [0.5, 0.6) is 0 Å². The van der Waals surface area contributed by atoms with E-state index in [1.54, 1.807) is 0 Å². The summed E-state index contributed by atoms with van der Waals surface area (Å²) in [7, 11) is 0. The van der Waals surface area contributed by atoms with Gasteiger partial charge in [-0.25, -0.2) is 0 Å². The Balaban J connectivity index is 1.88. The van der Waals surface area contributed by atoms with Gasteiger partial charge in [0, 0.05) is 25.2 Å². The molecule has 0 spiro atoms. The minimum absolute atomic E-state index is 0.236. The molecule has 0 amide bonds. The van der Waals surface area contributed by atoms with E-state index in [0.29, 0.717) is 18.7 Å². The molecule has 2 N–H and O–H groups in total. The molecule has 4 heteroatoms. The van der Waals surface area contributed by atoms with Gasteiger partial charge in [0.2, 0.25) is 0 Å². The molecule has 0 aromatic heterocycles. The van der Waals surface area contributed by atoms with Crippen LogP contribution in [0.4, 0.5) is 0 Å². The van der Waals surface area contributed by atoms with E-state index in [1.165, 1.54) is 6.42 Å². The normalized spacial score (nSPS) is 39.6. The molecular weight excluding hydrogens is 178 g/mol. The number of ether oxygens (including phenoxy) is 1. The fourth-order valence-electron chi connectivity index (χ4n) is 2.40. The maximum atomic E-state index is 8.78. The summed E-state index contributed by atoms with van der Waals surface area (Å²) in [6, 6.07) is 3.13. The van der Waals surface area contributed by atoms with Gasteiger partial charge in [0.15, 0.2) is 6.10 Å². The van der Waals surface area contributed by atoms with Crippen molar-refractivity contribution in [2.75, 3.05) is 19.7 Å². The fourth-order valence-corrected chi connectivity index (χ4v) is 2.40. The zero-order chi connectivity index (χ0) is 9.97. The first-order chi connectivity index (χ1) is 6.79. The van der Waals surface area contributed by atoms with Crippen LogP contribution < -0.4 is 5.73 Å². The molecule has 2 fully saturated rings. The highest BCUT2D eigenvalue weighted by Crippen LogP contribution is 2.24. The van der Waals surface area contributed by atoms with Gasteiger partial charge in [0.1, 0.15) is 0 Å². The van der Waals surface area contributed by atoms with Gasteiger partial charge >= 0.3 is 0 Å². The fraction of sp³-hybridized carbons (Fsp3) is 0.900. The second-order valence-corrected chi connectivity index (χ2v) is 4.21. The lowest BCUT2D eigenvalue weighted by Crippen LogP contribution is -2.46. The van der Waals surface area contributed by atoms with Crippen molar-refractivity contribution in [1.82, 2.24) is 4.90 Å². The highest BCUT2D eigenvalue weighted by Gasteiger charge is 2.30. The first-order valence-corrected chi connectivity index (χ1v) is 5.30. The van der Waals surface area contributed by atoms with Gasteiger partial charge in [-0.1, -0.05) is 0 Å². The molecule has 1 heterocycles. The van der Waals surface area contributed by atoms with Gasteiger partial charge in [0.25, 0.3) is 0 Å². The Bertz CT molecular complexity index is 238. The summed E-state index contributed by atoms with van der Waals surface area (Å²) < 4.78 is 5.31. The number of nitrogens with zero attached hydrogens (tertiary/aromatic N) is 2. The van der Waals surface area contributed by atoms with Crippen LogP contribution in [0.15, 0.2) is 0 Å². The summed E-state index contributed by atoms with van der Waals surface area (Å²) in [5, 5.41) is 8.78. The van der Waals surface area contributed by atoms with E-state index in [-0.39, 0.29) is 6.10 Å². The Kier molecular flexibility index (Phi) is 3.02. The molecule has 0 bridgehead atoms. The monoisotopic (exact) mass is 195 g/mol. The predicted molar refractivity (Wildman–Crippen MR) is 52.5 cm³/mol. The van der Waals surface area contributed by atoms with Crippen molar-refractivity contribution in [3.8, 4) is 6.07 Å². The maximum Gasteiger partial charge on any atom is 0.156 e. The third-order valence-corrected chi connectivity index (χ3v) is 3.20. The molecule has 1 saturated carbocycles. The molecule has 1 aliphatic heterocycles. The number of rotatable bonds is 1. The summed E-state index contributed by atoms with van der Waals surface area (Å²) in [6.07, 6.45) is 3.15. The summed E-state index contributed by atoms with van der Waals surface area (Å²) in [4.78, 5) is 2.37. The minimum Gasteiger partial charge on any atom is -0.361 e. The van der Waals surface area contributed by atoms with E-state index < -0.39 is 0 Å². The average Bonchev–Trinajstić information content (AvgIpc) is 2.65. The van der Waals surface area contributed by atoms with Crippen LogP contribution in [-0.4, -0.2) is 42.8 Å². The Morgan fingerprint density at radius 2 is 2.29 bits per heavy atom. The lowest BCUT2D eigenvalue weighted by Gasteiger charge is -2.34. The second kappa shape index (κ2) is 4.26. The van der Waals surface area contributed by atoms with Crippen molar-refractivity contribution < 1.29 is 4.74 Å². The van der Waals surface area contributed by atoms with Crippen LogP contribution in [0.25, 0.3) is 0 Å². The van der Waals surface area contributed by atoms with Crippen molar-refractivity contribution in [1.29, 1.82) is 5.26 Å². The van der Waals surface area contributed by atoms with E-state index in [0.717, 1.165) is 25.9 Å². The van der Waals surface area contributed by atoms with Crippen LogP contribution in [0.3, 0.4) is 0 Å². The van der Waals surface area contributed by atoms with E-state index in [2.05, 4.69) is 11.0 Å². The lowest BCUT2D eigenvalue weighted by molar-refractivity contribution is -0.0160. The number of morpholine rings is 1. The van der Waals surface area contributed by atoms with E-state index in [1.807, 2.05) is 0 Å². The third-order valence-electron chi connectivity index (χ3n) is 3.20. The van der Waals surface area contributed by atoms with Gasteiger partial charge in [-0.2, -0.15) is 5.26 Å². The van der Waals surface area contributed by atoms with Gasteiger partial charge in [0.05, 0.1) is 12.7 Å². The average molecular weight is 195 g/mol. The van der Waals surface area contributed by atoms with Crippen molar-refractivity contribution in [3.05, 3.63) is 0 Å². The maximum absolute atomic E-state index is 8.78. The molecule has 0 aromatic carbocycles. The smallest absolute Gasteiger partial charge is 0.156 e. The van der Waals surface area contributed by atoms with Crippen LogP contribution in [0, 0.1) is 11.3 Å². The third kappa shape index (κ3) is 2.06. The first-order valence-electron chi connectivity index (χ1n) is 5.30. The zero-order valence-electron chi connectivity index (χ0n) is 8.35. The highest BCUT2D eigenvalue weighted by atomic mass is 16.5. The van der Waals surface area contributed by atoms with Gasteiger partial charge in [-0.15, -0.1) is 0 Å². The molecule has 1 saturated heterocycles. The van der Waals surface area contributed by atoms with Crippen LogP contribution in [0.2, 0.25) is 0 Å². The molecule has 3 unspecified atom stereocenters. The topological polar surface area (TPSA) is 62.3 Å². The molecule has 14 heavy (non-hydrogen) atoms. The molecule has 2 rings (SSSR count). The highest BCUT2D eigenvalue weighted by molar-refractivity contribution is 4.93. The molecule has 0 radical (unpaired) electrons. The summed E-state index contributed by atoms with van der Waals surface area (Å²) in [6.45, 7) is 2.40. The van der Waals surface area contributed by atoms with Gasteiger partial charge in [-0.3, -0.25) is 4.90 Å². The Morgan fingerprint density at radius 3 is 2.93 bits per heavy atom. The van der Waals surface area contributed by atoms with Crippen LogP contribution in [0.1, 0.15) is 19.3 Å². The largest absolute Gasteiger partial charge is 0.361 e. The van der Waals surface area contributed by atoms with Crippen LogP contribution in [-0.2, 0) is 4.74 Å². The number of hydrogen-bond donors (Lipinski definition) is 1. The quantitative estimate of drug-likeness (QED) is 0.644. The number of nitrogens with two attached hydrogens (primary N) is 1. The predicted octanol–water partition coefficient (Wildman–Crippen LogP) is 0.0906. The molecule has 0 aromatic rings. The molecule has 1 aliphatic carbocycles. The lowest BCUT2D eigenvalue weighted by atomic mass is 10.1. The van der Waals surface area contributed by atoms with E-state index in [4.69, 9.17) is 15.7 Å². The summed E-state index contributed by atoms with van der Waals surface area (Å²) >= 11 is 0. The van der Waals surface area contributed by atoms with Crippen molar-refractivity contribution in [2.45, 2.75) is 37.5 Å². The van der Waals surface area contributed by atoms with E-state index in [9.17, 15) is 0 Å². The summed E-state index contributed by atoms with van der Waals surface area (Å²) in [5.41, 5.74) is 5.88. The standard InChI is InChI=1S/C10H17N3O/c11-6-10-7-13(3-4-14-10)9-2-1-8(12)5-9/h8-10H,1-5,7,12H2. The van der Waals surface area contributed by atoms with E-state index >= 15 is 0 Å². The van der Waals surface area contributed by atoms with Crippen molar-refractivity contribution in [3.63, 3.8) is 0 Å². The Morgan fingerprint density at radius 1 is 1.43 bits per heavy atom. The van der Waals surface area contributed by atoms with Gasteiger partial charge < -0.3 is 10.5 Å². The number of nitriles is 1. The molecular formula is C10H17N3O. The van der Waals surface area contributed by atoms with Gasteiger partial charge in [-0.05, 0) is 19.3 Å². The van der Waals surface area contributed by atoms with Crippen LogP contribution >= 0.6 is 0 Å². The SMILES string of the molecule is N#CC1CN(C2CCC(N)C2)CCO1. The molecule has 4 nitrogen and oxygen atoms in total. The Labute approximate surface area is 84.6 Å². The minimum atomic E-state index is -0.236. The zero-order valence-corrected chi connectivity index (χ0v) is 8.35. The first kappa shape index (κ1) is 9.91. The van der Waals surface area contributed by atoms with Crippen molar-refractivity contribution >= 4 is 0 Å². The second-order valence-electron chi connectivity index (χ2n) is 4.21. The summed E-state index contributed by atoms with van der Waals surface area (Å²) in [5.74, 6) is 0. The molecule has 2 aliphatic rings. The molecule has 78 valence electrons. The van der Waals surface area contributed by atoms with Crippen molar-refractivity contribution in [2.24, 2.45) is 5.73 Å².